The van der Waals surface area contributed by atoms with Crippen molar-refractivity contribution in [2.24, 2.45) is 0 Å². The van der Waals surface area contributed by atoms with Crippen LogP contribution in [0, 0.1) is 11.6 Å². The van der Waals surface area contributed by atoms with Gasteiger partial charge in [-0.1, -0.05) is 0 Å². The van der Waals surface area contributed by atoms with E-state index < -0.39 is 17.6 Å². The standard InChI is InChI=1S/C12H10F2N2O2/c13-9-2-1-8(5-10(9)14)11-6-16(7-15-11)4-3-12(17)18/h1-2,5-7H,3-4H2,(H,17,18). The Labute approximate surface area is 102 Å². The highest BCUT2D eigenvalue weighted by Gasteiger charge is 2.07. The molecule has 0 atom stereocenters. The smallest absolute Gasteiger partial charge is 0.305 e. The van der Waals surface area contributed by atoms with Crippen molar-refractivity contribution in [3.8, 4) is 11.3 Å². The zero-order chi connectivity index (χ0) is 13.1. The van der Waals surface area contributed by atoms with Crippen LogP contribution in [-0.2, 0) is 11.3 Å². The van der Waals surface area contributed by atoms with Crippen LogP contribution in [0.1, 0.15) is 6.42 Å². The summed E-state index contributed by atoms with van der Waals surface area (Å²) in [5.74, 6) is -2.75. The molecule has 0 aliphatic carbocycles. The van der Waals surface area contributed by atoms with E-state index in [9.17, 15) is 13.6 Å². The fourth-order valence-electron chi connectivity index (χ4n) is 1.51. The van der Waals surface area contributed by atoms with Crippen molar-refractivity contribution >= 4 is 5.97 Å². The number of hydrogen-bond donors (Lipinski definition) is 1. The average molecular weight is 252 g/mol. The summed E-state index contributed by atoms with van der Waals surface area (Å²) in [5.41, 5.74) is 0.919. The highest BCUT2D eigenvalue weighted by atomic mass is 19.2. The molecule has 94 valence electrons. The van der Waals surface area contributed by atoms with Crippen LogP contribution >= 0.6 is 0 Å². The van der Waals surface area contributed by atoms with Crippen LogP contribution in [0.5, 0.6) is 0 Å². The van der Waals surface area contributed by atoms with Gasteiger partial charge in [0.2, 0.25) is 0 Å². The molecule has 18 heavy (non-hydrogen) atoms. The van der Waals surface area contributed by atoms with E-state index in [1.54, 1.807) is 10.8 Å². The summed E-state index contributed by atoms with van der Waals surface area (Å²) in [6, 6.07) is 3.50. The van der Waals surface area contributed by atoms with E-state index in [2.05, 4.69) is 4.98 Å². The van der Waals surface area contributed by atoms with Crippen LogP contribution in [0.15, 0.2) is 30.7 Å². The van der Waals surface area contributed by atoms with Gasteiger partial charge in [-0.3, -0.25) is 4.79 Å². The minimum atomic E-state index is -0.937. The Morgan fingerprint density at radius 2 is 2.11 bits per heavy atom. The fraction of sp³-hybridized carbons (Fsp3) is 0.167. The molecule has 0 saturated carbocycles. The number of rotatable bonds is 4. The van der Waals surface area contributed by atoms with Gasteiger partial charge >= 0.3 is 5.97 Å². The number of carboxylic acids is 1. The van der Waals surface area contributed by atoms with Crippen molar-refractivity contribution < 1.29 is 18.7 Å². The summed E-state index contributed by atoms with van der Waals surface area (Å²) in [5, 5.41) is 8.54. The lowest BCUT2D eigenvalue weighted by molar-refractivity contribution is -0.137. The first kappa shape index (κ1) is 12.2. The normalized spacial score (nSPS) is 10.6. The minimum Gasteiger partial charge on any atom is -0.481 e. The fourth-order valence-corrected chi connectivity index (χ4v) is 1.51. The van der Waals surface area contributed by atoms with E-state index in [1.807, 2.05) is 0 Å². The first-order valence-electron chi connectivity index (χ1n) is 5.25. The molecule has 6 heteroatoms. The SMILES string of the molecule is O=C(O)CCn1cnc(-c2ccc(F)c(F)c2)c1. The maximum absolute atomic E-state index is 13.0. The zero-order valence-corrected chi connectivity index (χ0v) is 9.31. The van der Waals surface area contributed by atoms with Gasteiger partial charge in [-0.05, 0) is 18.2 Å². The first-order valence-corrected chi connectivity index (χ1v) is 5.25. The molecule has 1 heterocycles. The molecule has 1 N–H and O–H groups in total. The Hall–Kier alpha value is -2.24. The average Bonchev–Trinajstić information content (AvgIpc) is 2.79. The van der Waals surface area contributed by atoms with Gasteiger partial charge in [0.25, 0.3) is 0 Å². The van der Waals surface area contributed by atoms with Crippen molar-refractivity contribution in [3.63, 3.8) is 0 Å². The van der Waals surface area contributed by atoms with E-state index >= 15 is 0 Å². The molecule has 0 bridgehead atoms. The number of aryl methyl sites for hydroxylation is 1. The molecular weight excluding hydrogens is 242 g/mol. The molecule has 2 aromatic rings. The number of imidazole rings is 1. The Morgan fingerprint density at radius 1 is 1.33 bits per heavy atom. The molecule has 0 unspecified atom stereocenters. The maximum Gasteiger partial charge on any atom is 0.305 e. The molecular formula is C12H10F2N2O2. The van der Waals surface area contributed by atoms with Gasteiger partial charge in [-0.15, -0.1) is 0 Å². The first-order chi connectivity index (χ1) is 8.56. The number of nitrogens with zero attached hydrogens (tertiary/aromatic N) is 2. The third-order valence-corrected chi connectivity index (χ3v) is 2.43. The second kappa shape index (κ2) is 4.95. The monoisotopic (exact) mass is 252 g/mol. The summed E-state index contributed by atoms with van der Waals surface area (Å²) >= 11 is 0. The van der Waals surface area contributed by atoms with E-state index in [1.165, 1.54) is 12.4 Å². The van der Waals surface area contributed by atoms with Crippen molar-refractivity contribution in [1.29, 1.82) is 0 Å². The van der Waals surface area contributed by atoms with Crippen molar-refractivity contribution in [2.75, 3.05) is 0 Å². The second-order valence-electron chi connectivity index (χ2n) is 3.77. The Kier molecular flexibility index (Phi) is 3.36. The van der Waals surface area contributed by atoms with Crippen LogP contribution in [0.25, 0.3) is 11.3 Å². The van der Waals surface area contributed by atoms with E-state index in [4.69, 9.17) is 5.11 Å². The highest BCUT2D eigenvalue weighted by Crippen LogP contribution is 2.19. The van der Waals surface area contributed by atoms with E-state index in [0.29, 0.717) is 11.3 Å². The molecule has 2 rings (SSSR count). The summed E-state index contributed by atoms with van der Waals surface area (Å²) in [4.78, 5) is 14.4. The number of hydrogen-bond acceptors (Lipinski definition) is 2. The lowest BCUT2D eigenvalue weighted by atomic mass is 10.1. The van der Waals surface area contributed by atoms with Crippen LogP contribution in [0.3, 0.4) is 0 Å². The van der Waals surface area contributed by atoms with Gasteiger partial charge in [0.1, 0.15) is 0 Å². The summed E-state index contributed by atoms with van der Waals surface area (Å²) in [6.45, 7) is 0.284. The quantitative estimate of drug-likeness (QED) is 0.908. The number of aliphatic carboxylic acids is 1. The molecule has 1 aromatic carbocycles. The van der Waals surface area contributed by atoms with Crippen molar-refractivity contribution in [1.82, 2.24) is 9.55 Å². The summed E-state index contributed by atoms with van der Waals surface area (Å²) in [7, 11) is 0. The molecule has 0 radical (unpaired) electrons. The lowest BCUT2D eigenvalue weighted by Crippen LogP contribution is -2.02. The molecule has 0 aliphatic heterocycles. The van der Waals surface area contributed by atoms with Crippen molar-refractivity contribution in [2.45, 2.75) is 13.0 Å². The van der Waals surface area contributed by atoms with Crippen LogP contribution in [0.2, 0.25) is 0 Å². The Bertz CT molecular complexity index is 581. The highest BCUT2D eigenvalue weighted by molar-refractivity contribution is 5.66. The molecule has 1 aromatic heterocycles. The zero-order valence-electron chi connectivity index (χ0n) is 9.31. The van der Waals surface area contributed by atoms with Crippen LogP contribution in [0.4, 0.5) is 8.78 Å². The molecule has 0 aliphatic rings. The van der Waals surface area contributed by atoms with Crippen molar-refractivity contribution in [3.05, 3.63) is 42.4 Å². The molecule has 0 fully saturated rings. The molecule has 0 saturated heterocycles. The number of carbonyl (C=O) groups is 1. The number of benzene rings is 1. The largest absolute Gasteiger partial charge is 0.481 e. The Morgan fingerprint density at radius 3 is 2.78 bits per heavy atom. The summed E-state index contributed by atoms with van der Waals surface area (Å²) < 4.78 is 27.4. The predicted octanol–water partition coefficient (Wildman–Crippen LogP) is 2.30. The van der Waals surface area contributed by atoms with Crippen LogP contribution in [-0.4, -0.2) is 20.6 Å². The van der Waals surface area contributed by atoms with E-state index in [0.717, 1.165) is 12.1 Å². The van der Waals surface area contributed by atoms with Gasteiger partial charge in [0.05, 0.1) is 18.4 Å². The van der Waals surface area contributed by atoms with Crippen LogP contribution < -0.4 is 0 Å². The Balaban J connectivity index is 2.18. The maximum atomic E-state index is 13.0. The van der Waals surface area contributed by atoms with E-state index in [-0.39, 0.29) is 13.0 Å². The molecule has 0 spiro atoms. The van der Waals surface area contributed by atoms with Gasteiger partial charge in [-0.25, -0.2) is 13.8 Å². The minimum absolute atomic E-state index is 0.0203. The number of carboxylic acid groups (broad SMARTS) is 1. The van der Waals surface area contributed by atoms with Gasteiger partial charge < -0.3 is 9.67 Å². The van der Waals surface area contributed by atoms with Gasteiger partial charge in [0, 0.05) is 18.3 Å². The third-order valence-electron chi connectivity index (χ3n) is 2.43. The number of aromatic nitrogens is 2. The molecule has 0 amide bonds. The van der Waals surface area contributed by atoms with Gasteiger partial charge in [0.15, 0.2) is 11.6 Å². The molecule has 4 nitrogen and oxygen atoms in total. The lowest BCUT2D eigenvalue weighted by Gasteiger charge is -1.99. The second-order valence-corrected chi connectivity index (χ2v) is 3.77. The predicted molar refractivity (Wildman–Crippen MR) is 59.8 cm³/mol. The third kappa shape index (κ3) is 2.71. The summed E-state index contributed by atoms with van der Waals surface area (Å²) in [6.07, 6.45) is 3.03. The number of halogens is 2. The van der Waals surface area contributed by atoms with Gasteiger partial charge in [-0.2, -0.15) is 0 Å². The topological polar surface area (TPSA) is 55.1 Å².